The summed E-state index contributed by atoms with van der Waals surface area (Å²) in [6.45, 7) is 4.19. The van der Waals surface area contributed by atoms with Crippen LogP contribution in [0.1, 0.15) is 32.8 Å². The van der Waals surface area contributed by atoms with Gasteiger partial charge in [0, 0.05) is 32.0 Å². The number of aryl methyl sites for hydroxylation is 2. The fourth-order valence-electron chi connectivity index (χ4n) is 4.83. The summed E-state index contributed by atoms with van der Waals surface area (Å²) in [5.41, 5.74) is 1.66. The minimum Gasteiger partial charge on any atom is -0.450 e. The van der Waals surface area contributed by atoms with E-state index in [0.717, 1.165) is 11.1 Å². The average Bonchev–Trinajstić information content (AvgIpc) is 3.13. The zero-order valence-corrected chi connectivity index (χ0v) is 17.8. The average molecular weight is 418 g/mol. The lowest BCUT2D eigenvalue weighted by Crippen LogP contribution is -2.53. The van der Waals surface area contributed by atoms with E-state index in [4.69, 9.17) is 9.15 Å². The number of amides is 2. The Morgan fingerprint density at radius 3 is 2.52 bits per heavy atom. The van der Waals surface area contributed by atoms with E-state index < -0.39 is 11.4 Å². The van der Waals surface area contributed by atoms with Crippen molar-refractivity contribution in [1.82, 2.24) is 4.90 Å². The summed E-state index contributed by atoms with van der Waals surface area (Å²) in [5, 5.41) is 0.363. The zero-order chi connectivity index (χ0) is 22.1. The highest BCUT2D eigenvalue weighted by molar-refractivity contribution is 6.16. The number of fused-ring (bicyclic) bond motifs is 5. The second-order valence-corrected chi connectivity index (χ2v) is 8.11. The van der Waals surface area contributed by atoms with Crippen LogP contribution in [0.2, 0.25) is 0 Å². The van der Waals surface area contributed by atoms with Crippen molar-refractivity contribution in [3.8, 4) is 0 Å². The molecule has 0 unspecified atom stereocenters. The fourth-order valence-corrected chi connectivity index (χ4v) is 4.83. The van der Waals surface area contributed by atoms with Gasteiger partial charge in [0.1, 0.15) is 5.58 Å². The van der Waals surface area contributed by atoms with Gasteiger partial charge < -0.3 is 19.0 Å². The summed E-state index contributed by atoms with van der Waals surface area (Å²) >= 11 is 0. The molecule has 2 aromatic carbocycles. The molecule has 1 atom stereocenters. The van der Waals surface area contributed by atoms with Crippen LogP contribution in [0.25, 0.3) is 11.0 Å². The maximum atomic E-state index is 13.8. The van der Waals surface area contributed by atoms with Gasteiger partial charge in [-0.05, 0) is 43.2 Å². The van der Waals surface area contributed by atoms with E-state index in [1.807, 2.05) is 26.0 Å². The number of benzene rings is 2. The first-order valence-electron chi connectivity index (χ1n) is 10.1. The minimum absolute atomic E-state index is 0.0738. The van der Waals surface area contributed by atoms with Crippen LogP contribution in [0.4, 0.5) is 5.69 Å². The van der Waals surface area contributed by atoms with Crippen LogP contribution in [0, 0.1) is 13.8 Å². The molecule has 0 radical (unpaired) electrons. The third-order valence-electron chi connectivity index (χ3n) is 6.50. The number of hydrogen-bond acceptors (Lipinski definition) is 5. The number of likely N-dealkylation sites (N-methyl/N-ethyl adjacent to an activating group) is 1. The van der Waals surface area contributed by atoms with Gasteiger partial charge in [-0.15, -0.1) is 0 Å². The van der Waals surface area contributed by atoms with Crippen molar-refractivity contribution >= 4 is 28.5 Å². The number of hydrogen-bond donors (Lipinski definition) is 0. The molecule has 0 aliphatic carbocycles. The Bertz CT molecular complexity index is 1340. The van der Waals surface area contributed by atoms with Crippen molar-refractivity contribution in [3.05, 3.63) is 74.6 Å². The molecule has 1 aromatic heterocycles. The third-order valence-corrected chi connectivity index (χ3v) is 6.50. The minimum atomic E-state index is -1.57. The van der Waals surface area contributed by atoms with Crippen LogP contribution in [0.3, 0.4) is 0 Å². The largest absolute Gasteiger partial charge is 0.450 e. The lowest BCUT2D eigenvalue weighted by molar-refractivity contribution is -0.126. The Morgan fingerprint density at radius 2 is 1.77 bits per heavy atom. The third kappa shape index (κ3) is 2.29. The first kappa shape index (κ1) is 19.5. The number of carbonyl (C=O) groups excluding carboxylic acids is 2. The molecule has 2 aliphatic rings. The standard InChI is InChI=1S/C24H22N2O5/c1-13-11-15-18(12-14(13)2)31-21-19(20(15)27)24(26(22(21)28)9-10-30-4)16-7-5-6-8-17(16)25(3)23(24)29/h5-8,11-12H,9-10H2,1-4H3/t24-/m0/s1. The van der Waals surface area contributed by atoms with Gasteiger partial charge >= 0.3 is 0 Å². The van der Waals surface area contributed by atoms with E-state index >= 15 is 0 Å². The highest BCUT2D eigenvalue weighted by Gasteiger charge is 2.64. The zero-order valence-electron chi connectivity index (χ0n) is 17.8. The molecule has 1 spiro atoms. The van der Waals surface area contributed by atoms with Gasteiger partial charge in [0.15, 0.2) is 11.0 Å². The molecule has 2 amide bonds. The van der Waals surface area contributed by atoms with E-state index in [-0.39, 0.29) is 35.8 Å². The molecule has 2 aliphatic heterocycles. The number of carbonyl (C=O) groups is 2. The molecule has 0 saturated carbocycles. The van der Waals surface area contributed by atoms with Gasteiger partial charge in [-0.2, -0.15) is 0 Å². The molecule has 3 heterocycles. The number of methoxy groups -OCH3 is 1. The van der Waals surface area contributed by atoms with Gasteiger partial charge in [0.25, 0.3) is 11.8 Å². The Hall–Kier alpha value is -3.45. The van der Waals surface area contributed by atoms with Crippen molar-refractivity contribution in [2.24, 2.45) is 0 Å². The van der Waals surface area contributed by atoms with E-state index in [9.17, 15) is 14.4 Å². The summed E-state index contributed by atoms with van der Waals surface area (Å²) in [5.74, 6) is -0.912. The molecular formula is C24H22N2O5. The normalized spacial score (nSPS) is 19.6. The molecule has 0 N–H and O–H groups in total. The van der Waals surface area contributed by atoms with Crippen LogP contribution in [0.5, 0.6) is 0 Å². The predicted molar refractivity (Wildman–Crippen MR) is 116 cm³/mol. The number of rotatable bonds is 3. The summed E-state index contributed by atoms with van der Waals surface area (Å²) in [4.78, 5) is 44.1. The Labute approximate surface area is 178 Å². The maximum absolute atomic E-state index is 13.8. The van der Waals surface area contributed by atoms with Crippen LogP contribution >= 0.6 is 0 Å². The van der Waals surface area contributed by atoms with Crippen molar-refractivity contribution in [2.75, 3.05) is 32.2 Å². The van der Waals surface area contributed by atoms with Crippen molar-refractivity contribution in [2.45, 2.75) is 19.4 Å². The van der Waals surface area contributed by atoms with Crippen LogP contribution in [-0.2, 0) is 15.1 Å². The predicted octanol–water partition coefficient (Wildman–Crippen LogP) is 2.73. The van der Waals surface area contributed by atoms with Gasteiger partial charge in [-0.1, -0.05) is 18.2 Å². The molecule has 0 saturated heterocycles. The Kier molecular flexibility index (Phi) is 4.10. The first-order chi connectivity index (χ1) is 14.8. The second-order valence-electron chi connectivity index (χ2n) is 8.11. The van der Waals surface area contributed by atoms with E-state index in [1.54, 1.807) is 31.3 Å². The second kappa shape index (κ2) is 6.52. The summed E-state index contributed by atoms with van der Waals surface area (Å²) in [6.07, 6.45) is 0. The van der Waals surface area contributed by atoms with Crippen molar-refractivity contribution in [1.29, 1.82) is 0 Å². The highest BCUT2D eigenvalue weighted by Crippen LogP contribution is 2.51. The molecule has 3 aromatic rings. The molecule has 158 valence electrons. The summed E-state index contributed by atoms with van der Waals surface area (Å²) < 4.78 is 11.2. The summed E-state index contributed by atoms with van der Waals surface area (Å²) in [7, 11) is 3.18. The number of anilines is 1. The highest BCUT2D eigenvalue weighted by atomic mass is 16.5. The van der Waals surface area contributed by atoms with E-state index in [2.05, 4.69) is 0 Å². The van der Waals surface area contributed by atoms with Gasteiger partial charge in [-0.25, -0.2) is 0 Å². The van der Waals surface area contributed by atoms with Gasteiger partial charge in [0.2, 0.25) is 5.76 Å². The van der Waals surface area contributed by atoms with E-state index in [0.29, 0.717) is 22.2 Å². The maximum Gasteiger partial charge on any atom is 0.291 e. The van der Waals surface area contributed by atoms with Crippen LogP contribution in [-0.4, -0.2) is 44.0 Å². The molecule has 5 rings (SSSR count). The Morgan fingerprint density at radius 1 is 1.06 bits per heavy atom. The SMILES string of the molecule is COCCN1C(=O)c2oc3cc(C)c(C)cc3c(=O)c2[C@@]12C(=O)N(C)c1ccccc12. The molecule has 7 heteroatoms. The summed E-state index contributed by atoms with van der Waals surface area (Å²) in [6, 6.07) is 10.8. The number of para-hydroxylation sites is 1. The molecular weight excluding hydrogens is 396 g/mol. The lowest BCUT2D eigenvalue weighted by atomic mass is 9.84. The van der Waals surface area contributed by atoms with Crippen LogP contribution in [0.15, 0.2) is 45.6 Å². The van der Waals surface area contributed by atoms with Crippen molar-refractivity contribution in [3.63, 3.8) is 0 Å². The van der Waals surface area contributed by atoms with Crippen molar-refractivity contribution < 1.29 is 18.7 Å². The monoisotopic (exact) mass is 418 g/mol. The quantitative estimate of drug-likeness (QED) is 0.654. The first-order valence-corrected chi connectivity index (χ1v) is 10.1. The molecule has 0 bridgehead atoms. The number of ether oxygens (including phenoxy) is 1. The van der Waals surface area contributed by atoms with Gasteiger partial charge in [-0.3, -0.25) is 14.4 Å². The molecule has 7 nitrogen and oxygen atoms in total. The Balaban J connectivity index is 1.93. The lowest BCUT2D eigenvalue weighted by Gasteiger charge is -2.33. The fraction of sp³-hybridized carbons (Fsp3) is 0.292. The topological polar surface area (TPSA) is 80.1 Å². The smallest absolute Gasteiger partial charge is 0.291 e. The number of nitrogens with zero attached hydrogens (tertiary/aromatic N) is 2. The van der Waals surface area contributed by atoms with Gasteiger partial charge in [0.05, 0.1) is 17.6 Å². The van der Waals surface area contributed by atoms with Crippen LogP contribution < -0.4 is 10.3 Å². The molecule has 0 fully saturated rings. The molecule has 31 heavy (non-hydrogen) atoms. The van der Waals surface area contributed by atoms with E-state index in [1.165, 1.54) is 16.9 Å².